The van der Waals surface area contributed by atoms with Gasteiger partial charge in [0.05, 0.1) is 17.0 Å². The second-order valence-electron chi connectivity index (χ2n) is 2.06. The summed E-state index contributed by atoms with van der Waals surface area (Å²) in [6.45, 7) is 2.03. The van der Waals surface area contributed by atoms with Gasteiger partial charge in [0.25, 0.3) is 0 Å². The minimum atomic E-state index is 0.789. The van der Waals surface area contributed by atoms with Crippen LogP contribution in [0.4, 0.5) is 0 Å². The number of nitrogens with zero attached hydrogens (tertiary/aromatic N) is 1. The van der Waals surface area contributed by atoms with Gasteiger partial charge in [0.2, 0.25) is 0 Å². The van der Waals surface area contributed by atoms with Crippen molar-refractivity contribution >= 4 is 23.1 Å². The molecule has 0 saturated carbocycles. The highest BCUT2D eigenvalue weighted by Crippen LogP contribution is 2.18. The van der Waals surface area contributed by atoms with E-state index in [2.05, 4.69) is 10.9 Å². The summed E-state index contributed by atoms with van der Waals surface area (Å²) in [5.41, 5.74) is 3.01. The van der Waals surface area contributed by atoms with E-state index in [-0.39, 0.29) is 0 Å². The molecule has 0 bridgehead atoms. The van der Waals surface area contributed by atoms with Crippen molar-refractivity contribution in [2.24, 2.45) is 0 Å². The van der Waals surface area contributed by atoms with Crippen molar-refractivity contribution in [3.8, 4) is 12.3 Å². The standard InChI is InChI=1S/C8H9NS2/c1-3-4-10-5-8-7(2)9-6-11-8/h1,6H,4-5H2,2H3. The van der Waals surface area contributed by atoms with Crippen LogP contribution in [0.5, 0.6) is 0 Å². The molecular formula is C8H9NS2. The van der Waals surface area contributed by atoms with Gasteiger partial charge in [0.1, 0.15) is 0 Å². The van der Waals surface area contributed by atoms with E-state index in [0.717, 1.165) is 17.2 Å². The maximum atomic E-state index is 5.12. The fourth-order valence-corrected chi connectivity index (χ4v) is 2.37. The molecule has 0 saturated heterocycles. The van der Waals surface area contributed by atoms with E-state index in [4.69, 9.17) is 6.42 Å². The summed E-state index contributed by atoms with van der Waals surface area (Å²) in [5.74, 6) is 4.39. The van der Waals surface area contributed by atoms with Gasteiger partial charge in [-0.1, -0.05) is 5.92 Å². The summed E-state index contributed by atoms with van der Waals surface area (Å²) >= 11 is 3.46. The molecule has 1 rings (SSSR count). The summed E-state index contributed by atoms with van der Waals surface area (Å²) in [4.78, 5) is 5.49. The summed E-state index contributed by atoms with van der Waals surface area (Å²) < 4.78 is 0. The van der Waals surface area contributed by atoms with Gasteiger partial charge in [-0.2, -0.15) is 0 Å². The van der Waals surface area contributed by atoms with E-state index in [1.54, 1.807) is 23.1 Å². The Bertz CT molecular complexity index is 259. The van der Waals surface area contributed by atoms with Crippen LogP contribution in [0.25, 0.3) is 0 Å². The number of rotatable bonds is 3. The maximum absolute atomic E-state index is 5.12. The number of thiazole rings is 1. The fourth-order valence-electron chi connectivity index (χ4n) is 0.667. The smallest absolute Gasteiger partial charge is 0.0797 e. The van der Waals surface area contributed by atoms with Crippen LogP contribution in [0.2, 0.25) is 0 Å². The molecule has 0 N–H and O–H groups in total. The molecule has 1 nitrogen and oxygen atoms in total. The fraction of sp³-hybridized carbons (Fsp3) is 0.375. The van der Waals surface area contributed by atoms with Crippen molar-refractivity contribution in [1.82, 2.24) is 4.98 Å². The van der Waals surface area contributed by atoms with Gasteiger partial charge in [0, 0.05) is 10.6 Å². The summed E-state index contributed by atoms with van der Waals surface area (Å²) in [6, 6.07) is 0. The van der Waals surface area contributed by atoms with Gasteiger partial charge in [-0.05, 0) is 6.92 Å². The Hall–Kier alpha value is -0.460. The number of terminal acetylenes is 1. The highest BCUT2D eigenvalue weighted by atomic mass is 32.2. The van der Waals surface area contributed by atoms with Gasteiger partial charge in [0.15, 0.2) is 0 Å². The van der Waals surface area contributed by atoms with Gasteiger partial charge >= 0.3 is 0 Å². The molecule has 0 amide bonds. The van der Waals surface area contributed by atoms with Crippen LogP contribution in [0.3, 0.4) is 0 Å². The highest BCUT2D eigenvalue weighted by molar-refractivity contribution is 7.98. The van der Waals surface area contributed by atoms with Crippen LogP contribution >= 0.6 is 23.1 Å². The minimum Gasteiger partial charge on any atom is -0.250 e. The van der Waals surface area contributed by atoms with Crippen LogP contribution in [-0.2, 0) is 5.75 Å². The second kappa shape index (κ2) is 4.42. The molecule has 1 heterocycles. The minimum absolute atomic E-state index is 0.789. The summed E-state index contributed by atoms with van der Waals surface area (Å²) in [6.07, 6.45) is 5.12. The lowest BCUT2D eigenvalue weighted by Crippen LogP contribution is -1.80. The zero-order valence-electron chi connectivity index (χ0n) is 6.33. The molecule has 0 unspecified atom stereocenters. The molecule has 11 heavy (non-hydrogen) atoms. The van der Waals surface area contributed by atoms with E-state index < -0.39 is 0 Å². The zero-order valence-corrected chi connectivity index (χ0v) is 7.97. The van der Waals surface area contributed by atoms with Crippen molar-refractivity contribution in [3.63, 3.8) is 0 Å². The molecule has 0 aliphatic carbocycles. The predicted molar refractivity (Wildman–Crippen MR) is 51.8 cm³/mol. The average molecular weight is 183 g/mol. The molecule has 0 spiro atoms. The molecule has 0 radical (unpaired) electrons. The van der Waals surface area contributed by atoms with Crippen LogP contribution in [-0.4, -0.2) is 10.7 Å². The first kappa shape index (κ1) is 8.63. The highest BCUT2D eigenvalue weighted by Gasteiger charge is 1.99. The van der Waals surface area contributed by atoms with Crippen molar-refractivity contribution in [1.29, 1.82) is 0 Å². The van der Waals surface area contributed by atoms with Crippen LogP contribution in [0, 0.1) is 19.3 Å². The van der Waals surface area contributed by atoms with Crippen LogP contribution in [0.1, 0.15) is 10.6 Å². The molecule has 0 aliphatic heterocycles. The van der Waals surface area contributed by atoms with E-state index in [1.165, 1.54) is 4.88 Å². The molecule has 0 aliphatic rings. The SMILES string of the molecule is C#CCSCc1scnc1C. The lowest BCUT2D eigenvalue weighted by Gasteiger charge is -1.93. The average Bonchev–Trinajstić information content (AvgIpc) is 2.37. The van der Waals surface area contributed by atoms with Gasteiger partial charge in [-0.25, -0.2) is 4.98 Å². The van der Waals surface area contributed by atoms with E-state index in [9.17, 15) is 0 Å². The Labute approximate surface area is 75.2 Å². The van der Waals surface area contributed by atoms with E-state index in [1.807, 2.05) is 12.4 Å². The predicted octanol–water partition coefficient (Wildman–Crippen LogP) is 2.32. The summed E-state index contributed by atoms with van der Waals surface area (Å²) in [5, 5.41) is 0. The molecule has 1 aromatic rings. The van der Waals surface area contributed by atoms with E-state index >= 15 is 0 Å². The van der Waals surface area contributed by atoms with Crippen molar-refractivity contribution in [3.05, 3.63) is 16.1 Å². The number of hydrogen-bond donors (Lipinski definition) is 0. The normalized spacial score (nSPS) is 9.45. The van der Waals surface area contributed by atoms with Crippen molar-refractivity contribution in [2.75, 3.05) is 5.75 Å². The lowest BCUT2D eigenvalue weighted by atomic mass is 10.4. The number of aromatic nitrogens is 1. The largest absolute Gasteiger partial charge is 0.250 e. The third kappa shape index (κ3) is 2.57. The molecule has 0 atom stereocenters. The third-order valence-electron chi connectivity index (χ3n) is 1.26. The number of hydrogen-bond acceptors (Lipinski definition) is 3. The molecule has 0 fully saturated rings. The topological polar surface area (TPSA) is 12.9 Å². The molecule has 0 aromatic carbocycles. The number of thioether (sulfide) groups is 1. The number of aryl methyl sites for hydroxylation is 1. The maximum Gasteiger partial charge on any atom is 0.0797 e. The second-order valence-corrected chi connectivity index (χ2v) is 3.98. The van der Waals surface area contributed by atoms with Gasteiger partial charge in [-0.15, -0.1) is 29.5 Å². The van der Waals surface area contributed by atoms with Crippen LogP contribution in [0.15, 0.2) is 5.51 Å². The van der Waals surface area contributed by atoms with Crippen molar-refractivity contribution in [2.45, 2.75) is 12.7 Å². The Morgan fingerprint density at radius 2 is 2.64 bits per heavy atom. The Morgan fingerprint density at radius 3 is 3.18 bits per heavy atom. The third-order valence-corrected chi connectivity index (χ3v) is 3.24. The van der Waals surface area contributed by atoms with Gasteiger partial charge < -0.3 is 0 Å². The first-order valence-electron chi connectivity index (χ1n) is 3.24. The lowest BCUT2D eigenvalue weighted by molar-refractivity contribution is 1.22. The first-order valence-corrected chi connectivity index (χ1v) is 5.28. The van der Waals surface area contributed by atoms with Crippen LogP contribution < -0.4 is 0 Å². The quantitative estimate of drug-likeness (QED) is 0.527. The molecule has 58 valence electrons. The molecule has 1 aromatic heterocycles. The first-order chi connectivity index (χ1) is 5.34. The Kier molecular flexibility index (Phi) is 3.47. The zero-order chi connectivity index (χ0) is 8.10. The molecular weight excluding hydrogens is 174 g/mol. The Morgan fingerprint density at radius 1 is 1.82 bits per heavy atom. The monoisotopic (exact) mass is 183 g/mol. The van der Waals surface area contributed by atoms with Gasteiger partial charge in [-0.3, -0.25) is 0 Å². The van der Waals surface area contributed by atoms with Crippen molar-refractivity contribution < 1.29 is 0 Å². The van der Waals surface area contributed by atoms with E-state index in [0.29, 0.717) is 0 Å². The molecule has 3 heteroatoms. The Balaban J connectivity index is 2.40. The summed E-state index contributed by atoms with van der Waals surface area (Å²) in [7, 11) is 0.